The van der Waals surface area contributed by atoms with Crippen molar-refractivity contribution >= 4 is 17.4 Å². The van der Waals surface area contributed by atoms with Gasteiger partial charge in [0.1, 0.15) is 5.82 Å². The number of hydrogen-bond acceptors (Lipinski definition) is 2. The number of rotatable bonds is 3. The summed E-state index contributed by atoms with van der Waals surface area (Å²) in [6.07, 6.45) is 1.27. The molecule has 1 aliphatic rings. The zero-order valence-corrected chi connectivity index (χ0v) is 11.7. The maximum atomic E-state index is 5.96. The van der Waals surface area contributed by atoms with Gasteiger partial charge in [-0.15, -0.1) is 11.6 Å². The molecule has 94 valence electrons. The summed E-state index contributed by atoms with van der Waals surface area (Å²) in [5.74, 6) is 2.91. The van der Waals surface area contributed by atoms with Crippen LogP contribution in [0.3, 0.4) is 0 Å². The Kier molecular flexibility index (Phi) is 3.93. The van der Waals surface area contributed by atoms with Gasteiger partial charge in [0.15, 0.2) is 0 Å². The number of aromatic nitrogens is 1. The van der Waals surface area contributed by atoms with Gasteiger partial charge in [0.25, 0.3) is 0 Å². The number of hydrogen-bond donors (Lipinski definition) is 0. The normalized spacial score (nSPS) is 20.3. The van der Waals surface area contributed by atoms with Gasteiger partial charge in [-0.2, -0.15) is 0 Å². The van der Waals surface area contributed by atoms with Crippen LogP contribution < -0.4 is 4.90 Å². The van der Waals surface area contributed by atoms with Gasteiger partial charge in [0, 0.05) is 24.7 Å². The first-order chi connectivity index (χ1) is 8.10. The van der Waals surface area contributed by atoms with Gasteiger partial charge in [0.2, 0.25) is 0 Å². The van der Waals surface area contributed by atoms with E-state index in [0.29, 0.717) is 11.8 Å². The van der Waals surface area contributed by atoms with E-state index < -0.39 is 0 Å². The Morgan fingerprint density at radius 2 is 2.24 bits per heavy atom. The molecule has 1 unspecified atom stereocenters. The van der Waals surface area contributed by atoms with Gasteiger partial charge >= 0.3 is 0 Å². The van der Waals surface area contributed by atoms with E-state index in [1.165, 1.54) is 12.0 Å². The molecular weight excluding hydrogens is 232 g/mol. The molecule has 1 aliphatic heterocycles. The van der Waals surface area contributed by atoms with Crippen LogP contribution in [-0.4, -0.2) is 18.1 Å². The third-order valence-electron chi connectivity index (χ3n) is 3.39. The summed E-state index contributed by atoms with van der Waals surface area (Å²) in [6.45, 7) is 8.90. The molecule has 1 saturated heterocycles. The van der Waals surface area contributed by atoms with E-state index >= 15 is 0 Å². The van der Waals surface area contributed by atoms with Crippen molar-refractivity contribution in [2.24, 2.45) is 5.92 Å². The summed E-state index contributed by atoms with van der Waals surface area (Å²) >= 11 is 5.96. The van der Waals surface area contributed by atoms with Crippen LogP contribution in [0.5, 0.6) is 0 Å². The fourth-order valence-electron chi connectivity index (χ4n) is 2.27. The highest BCUT2D eigenvalue weighted by atomic mass is 35.5. The zero-order chi connectivity index (χ0) is 12.4. The number of pyridine rings is 1. The first kappa shape index (κ1) is 12.7. The Labute approximate surface area is 109 Å². The van der Waals surface area contributed by atoms with Crippen LogP contribution >= 0.6 is 11.6 Å². The summed E-state index contributed by atoms with van der Waals surface area (Å²) in [5, 5.41) is 0. The van der Waals surface area contributed by atoms with Crippen LogP contribution in [0.15, 0.2) is 12.1 Å². The van der Waals surface area contributed by atoms with Crippen LogP contribution in [0.4, 0.5) is 5.82 Å². The fourth-order valence-corrected chi connectivity index (χ4v) is 2.43. The van der Waals surface area contributed by atoms with Gasteiger partial charge in [-0.1, -0.05) is 20.8 Å². The molecule has 0 N–H and O–H groups in total. The van der Waals surface area contributed by atoms with Crippen molar-refractivity contribution in [3.8, 4) is 0 Å². The molecule has 0 spiro atoms. The monoisotopic (exact) mass is 252 g/mol. The zero-order valence-electron chi connectivity index (χ0n) is 10.9. The Bertz CT molecular complexity index is 390. The molecule has 1 aromatic rings. The minimum Gasteiger partial charge on any atom is -0.356 e. The van der Waals surface area contributed by atoms with Crippen LogP contribution in [0.1, 0.15) is 44.4 Å². The highest BCUT2D eigenvalue weighted by molar-refractivity contribution is 6.17. The first-order valence-electron chi connectivity index (χ1n) is 6.42. The van der Waals surface area contributed by atoms with E-state index in [4.69, 9.17) is 16.6 Å². The summed E-state index contributed by atoms with van der Waals surface area (Å²) < 4.78 is 0. The molecular formula is C14H21ClN2. The fraction of sp³-hybridized carbons (Fsp3) is 0.643. The summed E-state index contributed by atoms with van der Waals surface area (Å²) in [6, 6.07) is 4.26. The van der Waals surface area contributed by atoms with Gasteiger partial charge in [-0.05, 0) is 36.0 Å². The molecule has 0 radical (unpaired) electrons. The Hall–Kier alpha value is -0.760. The lowest BCUT2D eigenvalue weighted by molar-refractivity contribution is 0.658. The van der Waals surface area contributed by atoms with Crippen molar-refractivity contribution in [1.29, 1.82) is 0 Å². The maximum Gasteiger partial charge on any atom is 0.129 e. The minimum atomic E-state index is 0.456. The van der Waals surface area contributed by atoms with Gasteiger partial charge < -0.3 is 4.90 Å². The molecule has 2 heterocycles. The first-order valence-corrected chi connectivity index (χ1v) is 6.95. The standard InChI is InChI=1S/C14H21ClN2/c1-10(2)13-6-12(8-15)7-14(16-13)17-5-4-11(3)9-17/h6-7,10-11H,4-5,8-9H2,1-3H3. The molecule has 2 nitrogen and oxygen atoms in total. The molecule has 0 saturated carbocycles. The smallest absolute Gasteiger partial charge is 0.129 e. The third-order valence-corrected chi connectivity index (χ3v) is 3.69. The minimum absolute atomic E-state index is 0.456. The third kappa shape index (κ3) is 2.92. The SMILES string of the molecule is CC1CCN(c2cc(CCl)cc(C(C)C)n2)C1. The molecule has 3 heteroatoms. The molecule has 1 fully saturated rings. The van der Waals surface area contributed by atoms with Crippen molar-refractivity contribution in [2.45, 2.75) is 39.0 Å². The topological polar surface area (TPSA) is 16.1 Å². The molecule has 0 aromatic carbocycles. The maximum absolute atomic E-state index is 5.96. The van der Waals surface area contributed by atoms with E-state index in [1.807, 2.05) is 0 Å². The molecule has 0 bridgehead atoms. The quantitative estimate of drug-likeness (QED) is 0.761. The van der Waals surface area contributed by atoms with Gasteiger partial charge in [0.05, 0.1) is 0 Å². The van der Waals surface area contributed by atoms with Crippen LogP contribution in [-0.2, 0) is 5.88 Å². The van der Waals surface area contributed by atoms with Crippen LogP contribution in [0.25, 0.3) is 0 Å². The van der Waals surface area contributed by atoms with Crippen LogP contribution in [0, 0.1) is 5.92 Å². The van der Waals surface area contributed by atoms with E-state index in [-0.39, 0.29) is 0 Å². The van der Waals surface area contributed by atoms with E-state index in [2.05, 4.69) is 37.8 Å². The second kappa shape index (κ2) is 5.26. The number of halogens is 1. The Morgan fingerprint density at radius 1 is 1.47 bits per heavy atom. The molecule has 1 atom stereocenters. The Balaban J connectivity index is 2.29. The lowest BCUT2D eigenvalue weighted by Gasteiger charge is -2.19. The average Bonchev–Trinajstić information content (AvgIpc) is 2.75. The van der Waals surface area contributed by atoms with Gasteiger partial charge in [-0.25, -0.2) is 4.98 Å². The van der Waals surface area contributed by atoms with E-state index in [0.717, 1.165) is 30.5 Å². The number of alkyl halides is 1. The Morgan fingerprint density at radius 3 is 2.76 bits per heavy atom. The predicted molar refractivity (Wildman–Crippen MR) is 73.9 cm³/mol. The van der Waals surface area contributed by atoms with Crippen molar-refractivity contribution < 1.29 is 0 Å². The molecule has 17 heavy (non-hydrogen) atoms. The van der Waals surface area contributed by atoms with Crippen LogP contribution in [0.2, 0.25) is 0 Å². The second-order valence-corrected chi connectivity index (χ2v) is 5.65. The lowest BCUT2D eigenvalue weighted by atomic mass is 10.1. The van der Waals surface area contributed by atoms with Crippen molar-refractivity contribution in [2.75, 3.05) is 18.0 Å². The number of anilines is 1. The van der Waals surface area contributed by atoms with E-state index in [9.17, 15) is 0 Å². The summed E-state index contributed by atoms with van der Waals surface area (Å²) in [5.41, 5.74) is 2.33. The average molecular weight is 253 g/mol. The number of nitrogens with zero attached hydrogens (tertiary/aromatic N) is 2. The largest absolute Gasteiger partial charge is 0.356 e. The molecule has 0 aliphatic carbocycles. The summed E-state index contributed by atoms with van der Waals surface area (Å²) in [4.78, 5) is 7.15. The van der Waals surface area contributed by atoms with E-state index in [1.54, 1.807) is 0 Å². The van der Waals surface area contributed by atoms with Crippen molar-refractivity contribution in [3.63, 3.8) is 0 Å². The highest BCUT2D eigenvalue weighted by Crippen LogP contribution is 2.25. The van der Waals surface area contributed by atoms with Gasteiger partial charge in [-0.3, -0.25) is 0 Å². The van der Waals surface area contributed by atoms with Crippen molar-refractivity contribution in [3.05, 3.63) is 23.4 Å². The molecule has 1 aromatic heterocycles. The highest BCUT2D eigenvalue weighted by Gasteiger charge is 2.20. The second-order valence-electron chi connectivity index (χ2n) is 5.39. The lowest BCUT2D eigenvalue weighted by Crippen LogP contribution is -2.21. The molecule has 0 amide bonds. The summed E-state index contributed by atoms with van der Waals surface area (Å²) in [7, 11) is 0. The molecule has 2 rings (SSSR count). The predicted octanol–water partition coefficient (Wildman–Crippen LogP) is 3.79. The van der Waals surface area contributed by atoms with Crippen molar-refractivity contribution in [1.82, 2.24) is 4.98 Å².